The van der Waals surface area contributed by atoms with Crippen molar-refractivity contribution in [3.63, 3.8) is 0 Å². The van der Waals surface area contributed by atoms with Gasteiger partial charge in [0, 0.05) is 19.3 Å². The van der Waals surface area contributed by atoms with Gasteiger partial charge in [-0.2, -0.15) is 0 Å². The quantitative estimate of drug-likeness (QED) is 0.873. The van der Waals surface area contributed by atoms with Gasteiger partial charge in [0.2, 0.25) is 0 Å². The second-order valence-corrected chi connectivity index (χ2v) is 6.44. The number of hydrogen-bond donors (Lipinski definition) is 0. The van der Waals surface area contributed by atoms with Crippen molar-refractivity contribution >= 4 is 0 Å². The van der Waals surface area contributed by atoms with Crippen molar-refractivity contribution in [3.8, 4) is 0 Å². The molecule has 4 nitrogen and oxygen atoms in total. The molecule has 0 bridgehead atoms. The van der Waals surface area contributed by atoms with Crippen molar-refractivity contribution in [2.24, 2.45) is 5.92 Å². The summed E-state index contributed by atoms with van der Waals surface area (Å²) in [5.41, 5.74) is 2.13. The molecule has 5 heteroatoms. The van der Waals surface area contributed by atoms with Gasteiger partial charge >= 0.3 is 0 Å². The molecule has 0 spiro atoms. The highest BCUT2D eigenvalue weighted by atomic mass is 19.1. The maximum Gasteiger partial charge on any atom is 0.123 e. The standard InChI is InChI=1S/C18H20FN3O/c19-15-3-1-13(2-4-15)10-22-8-6-14-9-17(23-18(14)11-22)16-5-7-20-12-21-16/h1-5,7,12,14,17-18H,6,8-11H2/t14-,17-,18+/m1/s1. The van der Waals surface area contributed by atoms with Crippen LogP contribution in [0.15, 0.2) is 42.9 Å². The molecule has 2 aliphatic heterocycles. The lowest BCUT2D eigenvalue weighted by Gasteiger charge is -2.34. The number of piperidine rings is 1. The zero-order valence-corrected chi connectivity index (χ0v) is 12.9. The average molecular weight is 313 g/mol. The van der Waals surface area contributed by atoms with E-state index in [1.807, 2.05) is 18.2 Å². The number of nitrogens with zero attached hydrogens (tertiary/aromatic N) is 3. The molecule has 2 aliphatic rings. The highest BCUT2D eigenvalue weighted by Gasteiger charge is 2.39. The van der Waals surface area contributed by atoms with E-state index in [1.165, 1.54) is 12.1 Å². The van der Waals surface area contributed by atoms with E-state index < -0.39 is 0 Å². The summed E-state index contributed by atoms with van der Waals surface area (Å²) < 4.78 is 19.2. The fraction of sp³-hybridized carbons (Fsp3) is 0.444. The van der Waals surface area contributed by atoms with Gasteiger partial charge in [-0.25, -0.2) is 14.4 Å². The van der Waals surface area contributed by atoms with Gasteiger partial charge in [0.25, 0.3) is 0 Å². The molecule has 2 saturated heterocycles. The number of benzene rings is 1. The topological polar surface area (TPSA) is 38.2 Å². The minimum Gasteiger partial charge on any atom is -0.367 e. The van der Waals surface area contributed by atoms with Crippen molar-refractivity contribution in [2.75, 3.05) is 13.1 Å². The molecule has 3 atom stereocenters. The van der Waals surface area contributed by atoms with Gasteiger partial charge < -0.3 is 4.74 Å². The third-order valence-corrected chi connectivity index (χ3v) is 4.89. The largest absolute Gasteiger partial charge is 0.367 e. The fourth-order valence-corrected chi connectivity index (χ4v) is 3.67. The van der Waals surface area contributed by atoms with Crippen molar-refractivity contribution in [1.29, 1.82) is 0 Å². The Morgan fingerprint density at radius 3 is 2.87 bits per heavy atom. The summed E-state index contributed by atoms with van der Waals surface area (Å²) in [5, 5.41) is 0. The smallest absolute Gasteiger partial charge is 0.123 e. The second-order valence-electron chi connectivity index (χ2n) is 6.44. The normalized spacial score (nSPS) is 27.8. The van der Waals surface area contributed by atoms with Crippen LogP contribution in [-0.4, -0.2) is 34.1 Å². The van der Waals surface area contributed by atoms with Gasteiger partial charge in [-0.05, 0) is 49.1 Å². The number of halogens is 1. The Hall–Kier alpha value is -1.85. The van der Waals surface area contributed by atoms with Gasteiger partial charge in [-0.1, -0.05) is 12.1 Å². The molecular formula is C18H20FN3O. The molecule has 0 amide bonds. The molecule has 1 aromatic heterocycles. The summed E-state index contributed by atoms with van der Waals surface area (Å²) in [7, 11) is 0. The van der Waals surface area contributed by atoms with E-state index in [0.29, 0.717) is 5.92 Å². The molecule has 0 radical (unpaired) electrons. The Morgan fingerprint density at radius 2 is 2.09 bits per heavy atom. The van der Waals surface area contributed by atoms with Crippen molar-refractivity contribution in [3.05, 3.63) is 59.9 Å². The number of fused-ring (bicyclic) bond motifs is 1. The highest BCUT2D eigenvalue weighted by Crippen LogP contribution is 2.40. The first-order chi connectivity index (χ1) is 11.3. The second kappa shape index (κ2) is 6.34. The van der Waals surface area contributed by atoms with Crippen LogP contribution in [0, 0.1) is 11.7 Å². The van der Waals surface area contributed by atoms with Crippen LogP contribution in [0.5, 0.6) is 0 Å². The third kappa shape index (κ3) is 3.26. The lowest BCUT2D eigenvalue weighted by Crippen LogP contribution is -2.41. The lowest BCUT2D eigenvalue weighted by molar-refractivity contribution is -0.0106. The molecule has 0 unspecified atom stereocenters. The predicted molar refractivity (Wildman–Crippen MR) is 84.0 cm³/mol. The molecule has 0 N–H and O–H groups in total. The minimum atomic E-state index is -0.181. The third-order valence-electron chi connectivity index (χ3n) is 4.89. The van der Waals surface area contributed by atoms with E-state index in [1.54, 1.807) is 12.5 Å². The Balaban J connectivity index is 1.38. The molecule has 2 fully saturated rings. The summed E-state index contributed by atoms with van der Waals surface area (Å²) >= 11 is 0. The first-order valence-electron chi connectivity index (χ1n) is 8.16. The molecule has 0 aliphatic carbocycles. The molecule has 120 valence electrons. The van der Waals surface area contributed by atoms with Crippen LogP contribution in [0.25, 0.3) is 0 Å². The lowest BCUT2D eigenvalue weighted by atomic mass is 9.91. The van der Waals surface area contributed by atoms with Crippen LogP contribution >= 0.6 is 0 Å². The predicted octanol–water partition coefficient (Wildman–Crippen LogP) is 2.97. The number of likely N-dealkylation sites (tertiary alicyclic amines) is 1. The summed E-state index contributed by atoms with van der Waals surface area (Å²) in [5.74, 6) is 0.429. The van der Waals surface area contributed by atoms with E-state index in [0.717, 1.165) is 43.7 Å². The first-order valence-corrected chi connectivity index (χ1v) is 8.16. The number of rotatable bonds is 3. The average Bonchev–Trinajstić information content (AvgIpc) is 3.01. The Labute approximate surface area is 135 Å². The Kier molecular flexibility index (Phi) is 4.06. The van der Waals surface area contributed by atoms with Gasteiger partial charge in [-0.3, -0.25) is 4.90 Å². The van der Waals surface area contributed by atoms with Crippen LogP contribution in [0.4, 0.5) is 4.39 Å². The minimum absolute atomic E-state index is 0.0961. The van der Waals surface area contributed by atoms with Crippen LogP contribution in [0.1, 0.15) is 30.2 Å². The van der Waals surface area contributed by atoms with Crippen LogP contribution < -0.4 is 0 Å². The Morgan fingerprint density at radius 1 is 1.22 bits per heavy atom. The molecule has 23 heavy (non-hydrogen) atoms. The van der Waals surface area contributed by atoms with E-state index in [2.05, 4.69) is 14.9 Å². The van der Waals surface area contributed by atoms with Crippen LogP contribution in [-0.2, 0) is 11.3 Å². The maximum absolute atomic E-state index is 13.0. The van der Waals surface area contributed by atoms with Gasteiger partial charge in [0.05, 0.1) is 11.8 Å². The summed E-state index contributed by atoms with van der Waals surface area (Å²) in [4.78, 5) is 10.7. The molecule has 1 aromatic carbocycles. The van der Waals surface area contributed by atoms with Crippen molar-refractivity contribution < 1.29 is 9.13 Å². The van der Waals surface area contributed by atoms with E-state index in [9.17, 15) is 4.39 Å². The van der Waals surface area contributed by atoms with E-state index >= 15 is 0 Å². The SMILES string of the molecule is Fc1ccc(CN2CC[C@@H]3C[C@H](c4ccncn4)O[C@H]3C2)cc1. The zero-order valence-electron chi connectivity index (χ0n) is 12.9. The van der Waals surface area contributed by atoms with Crippen molar-refractivity contribution in [2.45, 2.75) is 31.6 Å². The zero-order chi connectivity index (χ0) is 15.6. The van der Waals surface area contributed by atoms with Crippen molar-refractivity contribution in [1.82, 2.24) is 14.9 Å². The maximum atomic E-state index is 13.0. The summed E-state index contributed by atoms with van der Waals surface area (Å²) in [6.07, 6.45) is 5.91. The summed E-state index contributed by atoms with van der Waals surface area (Å²) in [6.45, 7) is 2.85. The van der Waals surface area contributed by atoms with E-state index in [4.69, 9.17) is 4.74 Å². The number of hydrogen-bond acceptors (Lipinski definition) is 4. The van der Waals surface area contributed by atoms with E-state index in [-0.39, 0.29) is 18.0 Å². The van der Waals surface area contributed by atoms with Crippen LogP contribution in [0.2, 0.25) is 0 Å². The first kappa shape index (κ1) is 14.7. The summed E-state index contributed by atoms with van der Waals surface area (Å²) in [6, 6.07) is 8.72. The van der Waals surface area contributed by atoms with Gasteiger partial charge in [-0.15, -0.1) is 0 Å². The van der Waals surface area contributed by atoms with Gasteiger partial charge in [0.15, 0.2) is 0 Å². The fourth-order valence-electron chi connectivity index (χ4n) is 3.67. The van der Waals surface area contributed by atoms with Crippen LogP contribution in [0.3, 0.4) is 0 Å². The van der Waals surface area contributed by atoms with Gasteiger partial charge in [0.1, 0.15) is 18.2 Å². The molecular weight excluding hydrogens is 293 g/mol. The monoisotopic (exact) mass is 313 g/mol. The molecule has 2 aromatic rings. The number of ether oxygens (including phenoxy) is 1. The molecule has 3 heterocycles. The highest BCUT2D eigenvalue weighted by molar-refractivity contribution is 5.16. The molecule has 0 saturated carbocycles. The molecule has 4 rings (SSSR count). The number of aromatic nitrogens is 2. The Bertz CT molecular complexity index is 649.